The number of hydrogen-bond donors (Lipinski definition) is 1. The fourth-order valence-corrected chi connectivity index (χ4v) is 0.582. The first-order valence-corrected chi connectivity index (χ1v) is 4.82. The molecule has 16 heavy (non-hydrogen) atoms. The van der Waals surface area contributed by atoms with Crippen LogP contribution < -0.4 is 0 Å². The number of ether oxygens (including phenoxy) is 2. The van der Waals surface area contributed by atoms with Crippen LogP contribution >= 0.6 is 0 Å². The topological polar surface area (TPSA) is 72.8 Å². The molecule has 0 unspecified atom stereocenters. The number of carbonyl (C=O) groups excluding carboxylic acids is 2. The SMILES string of the molecule is CCO.[CH2-]C(C(=O)OCC)C(=O)OCC.[Mg+2]. The third-order valence-corrected chi connectivity index (χ3v) is 1.14. The largest absolute Gasteiger partial charge is 2.00 e. The summed E-state index contributed by atoms with van der Waals surface area (Å²) in [6.07, 6.45) is 0. The van der Waals surface area contributed by atoms with Crippen molar-refractivity contribution in [1.29, 1.82) is 0 Å². The number of aliphatic hydroxyl groups excluding tert-OH is 1. The Morgan fingerprint density at radius 2 is 1.38 bits per heavy atom. The average Bonchev–Trinajstić information content (AvgIpc) is 2.18. The van der Waals surface area contributed by atoms with Gasteiger partial charge in [-0.25, -0.2) is 0 Å². The van der Waals surface area contributed by atoms with Crippen LogP contribution in [0.5, 0.6) is 0 Å². The summed E-state index contributed by atoms with van der Waals surface area (Å²) in [6, 6.07) is 0. The van der Waals surface area contributed by atoms with Crippen molar-refractivity contribution in [3.8, 4) is 0 Å². The summed E-state index contributed by atoms with van der Waals surface area (Å²) in [6.45, 7) is 9.06. The van der Waals surface area contributed by atoms with Crippen LogP contribution in [0.4, 0.5) is 0 Å². The van der Waals surface area contributed by atoms with E-state index >= 15 is 0 Å². The maximum absolute atomic E-state index is 10.9. The van der Waals surface area contributed by atoms with Crippen LogP contribution in [0.1, 0.15) is 20.8 Å². The number of aliphatic hydroxyl groups is 1. The zero-order valence-electron chi connectivity index (χ0n) is 10.2. The Morgan fingerprint density at radius 1 is 1.12 bits per heavy atom. The Labute approximate surface area is 113 Å². The van der Waals surface area contributed by atoms with E-state index in [2.05, 4.69) is 16.4 Å². The molecule has 0 atom stereocenters. The zero-order chi connectivity index (χ0) is 12.3. The van der Waals surface area contributed by atoms with Crippen LogP contribution in [0.3, 0.4) is 0 Å². The Balaban J connectivity index is -0.000000377. The van der Waals surface area contributed by atoms with Gasteiger partial charge in [-0.1, -0.05) is 0 Å². The summed E-state index contributed by atoms with van der Waals surface area (Å²) >= 11 is 0. The number of carbonyl (C=O) groups is 2. The molecule has 0 bridgehead atoms. The van der Waals surface area contributed by atoms with Crippen molar-refractivity contribution in [3.63, 3.8) is 0 Å². The van der Waals surface area contributed by atoms with Crippen LogP contribution in [0.15, 0.2) is 0 Å². The standard InChI is InChI=1S/C8H13O4.C2H6O.Mg/c1-4-11-7(9)6(3)8(10)12-5-2;1-2-3;/h6H,3-5H2,1-2H3;3H,2H2,1H3;/q-1;;+2. The molecule has 0 amide bonds. The van der Waals surface area contributed by atoms with E-state index in [0.29, 0.717) is 0 Å². The van der Waals surface area contributed by atoms with E-state index in [1.54, 1.807) is 20.8 Å². The molecular weight excluding hydrogens is 224 g/mol. The third kappa shape index (κ3) is 11.7. The normalized spacial score (nSPS) is 8.38. The van der Waals surface area contributed by atoms with Crippen molar-refractivity contribution >= 4 is 35.0 Å². The summed E-state index contributed by atoms with van der Waals surface area (Å²) in [5.74, 6) is -2.35. The Morgan fingerprint density at radius 3 is 1.56 bits per heavy atom. The Kier molecular flexibility index (Phi) is 19.3. The first-order chi connectivity index (χ1) is 7.04. The maximum atomic E-state index is 10.9. The maximum Gasteiger partial charge on any atom is 2.00 e. The minimum Gasteiger partial charge on any atom is -0.467 e. The molecule has 0 aliphatic heterocycles. The molecule has 5 nitrogen and oxygen atoms in total. The van der Waals surface area contributed by atoms with E-state index in [1.807, 2.05) is 0 Å². The van der Waals surface area contributed by atoms with Gasteiger partial charge >= 0.3 is 23.1 Å². The quantitative estimate of drug-likeness (QED) is 0.330. The second kappa shape index (κ2) is 14.7. The molecular formula is C10H19MgO5+. The molecule has 0 saturated carbocycles. The summed E-state index contributed by atoms with van der Waals surface area (Å²) in [5, 5.41) is 7.57. The number of esters is 2. The second-order valence-electron chi connectivity index (χ2n) is 2.37. The van der Waals surface area contributed by atoms with Gasteiger partial charge in [0.15, 0.2) is 0 Å². The Bertz CT molecular complexity index is 166. The fourth-order valence-electron chi connectivity index (χ4n) is 0.582. The zero-order valence-corrected chi connectivity index (χ0v) is 11.6. The van der Waals surface area contributed by atoms with Gasteiger partial charge in [0.1, 0.15) is 0 Å². The molecule has 6 heteroatoms. The van der Waals surface area contributed by atoms with Crippen LogP contribution in [0.2, 0.25) is 0 Å². The predicted molar refractivity (Wildman–Crippen MR) is 60.6 cm³/mol. The van der Waals surface area contributed by atoms with Crippen molar-refractivity contribution in [2.45, 2.75) is 20.8 Å². The average molecular weight is 244 g/mol. The van der Waals surface area contributed by atoms with Crippen molar-refractivity contribution in [2.75, 3.05) is 19.8 Å². The van der Waals surface area contributed by atoms with Gasteiger partial charge in [-0.05, 0) is 20.8 Å². The molecule has 0 spiro atoms. The molecule has 1 N–H and O–H groups in total. The second-order valence-corrected chi connectivity index (χ2v) is 2.37. The monoisotopic (exact) mass is 243 g/mol. The summed E-state index contributed by atoms with van der Waals surface area (Å²) in [4.78, 5) is 21.7. The molecule has 0 radical (unpaired) electrons. The third-order valence-electron chi connectivity index (χ3n) is 1.14. The van der Waals surface area contributed by atoms with Crippen LogP contribution in [-0.4, -0.2) is 59.9 Å². The Hall–Kier alpha value is -0.334. The van der Waals surface area contributed by atoms with E-state index in [1.165, 1.54) is 0 Å². The van der Waals surface area contributed by atoms with Gasteiger partial charge in [-0.2, -0.15) is 0 Å². The summed E-state index contributed by atoms with van der Waals surface area (Å²) in [5.41, 5.74) is 0. The van der Waals surface area contributed by atoms with Crippen LogP contribution in [0, 0.1) is 12.8 Å². The van der Waals surface area contributed by atoms with E-state index in [-0.39, 0.29) is 42.9 Å². The molecule has 0 aromatic heterocycles. The van der Waals surface area contributed by atoms with Gasteiger partial charge in [0.05, 0.1) is 13.2 Å². The fraction of sp³-hybridized carbons (Fsp3) is 0.700. The van der Waals surface area contributed by atoms with Gasteiger partial charge in [-0.3, -0.25) is 9.59 Å². The van der Waals surface area contributed by atoms with Crippen LogP contribution in [0.25, 0.3) is 0 Å². The smallest absolute Gasteiger partial charge is 0.467 e. The molecule has 0 aromatic carbocycles. The molecule has 0 saturated heterocycles. The molecule has 0 aliphatic carbocycles. The molecule has 0 fully saturated rings. The minimum absolute atomic E-state index is 0. The number of rotatable bonds is 4. The van der Waals surface area contributed by atoms with Crippen molar-refractivity contribution < 1.29 is 24.2 Å². The molecule has 0 rings (SSSR count). The van der Waals surface area contributed by atoms with Gasteiger partial charge in [0.2, 0.25) is 0 Å². The molecule has 90 valence electrons. The van der Waals surface area contributed by atoms with E-state index in [9.17, 15) is 9.59 Å². The first kappa shape index (κ1) is 21.0. The van der Waals surface area contributed by atoms with Gasteiger partial charge in [-0.15, -0.1) is 0 Å². The van der Waals surface area contributed by atoms with Gasteiger partial charge in [0, 0.05) is 12.5 Å². The van der Waals surface area contributed by atoms with Crippen molar-refractivity contribution in [2.24, 2.45) is 5.92 Å². The van der Waals surface area contributed by atoms with Crippen molar-refractivity contribution in [1.82, 2.24) is 0 Å². The minimum atomic E-state index is -1.06. The molecule has 0 aromatic rings. The van der Waals surface area contributed by atoms with Crippen molar-refractivity contribution in [3.05, 3.63) is 6.92 Å². The van der Waals surface area contributed by atoms with Gasteiger partial charge < -0.3 is 21.5 Å². The van der Waals surface area contributed by atoms with Gasteiger partial charge in [0.25, 0.3) is 11.9 Å². The first-order valence-electron chi connectivity index (χ1n) is 4.82. The molecule has 0 aliphatic rings. The van der Waals surface area contributed by atoms with E-state index in [0.717, 1.165) is 0 Å². The van der Waals surface area contributed by atoms with E-state index < -0.39 is 17.9 Å². The molecule has 0 heterocycles. The number of hydrogen-bond acceptors (Lipinski definition) is 5. The van der Waals surface area contributed by atoms with E-state index in [4.69, 9.17) is 5.11 Å². The summed E-state index contributed by atoms with van der Waals surface area (Å²) in [7, 11) is 0. The van der Waals surface area contributed by atoms with Crippen LogP contribution in [-0.2, 0) is 19.1 Å². The summed E-state index contributed by atoms with van der Waals surface area (Å²) < 4.78 is 9.14. The predicted octanol–water partition coefficient (Wildman–Crippen LogP) is 0.181.